The van der Waals surface area contributed by atoms with Crippen LogP contribution in [0, 0.1) is 0 Å². The summed E-state index contributed by atoms with van der Waals surface area (Å²) in [5.74, 6) is 0. The molecule has 0 radical (unpaired) electrons. The fraction of sp³-hybridized carbons (Fsp3) is 0.100. The number of thiocarbonyl (C=S) groups is 1. The molecule has 0 heterocycles. The van der Waals surface area contributed by atoms with Gasteiger partial charge in [-0.1, -0.05) is 41.5 Å². The van der Waals surface area contributed by atoms with E-state index in [1.54, 1.807) is 18.2 Å². The van der Waals surface area contributed by atoms with Crippen LogP contribution in [0.2, 0.25) is 10.0 Å². The van der Waals surface area contributed by atoms with Gasteiger partial charge < -0.3 is 5.32 Å². The van der Waals surface area contributed by atoms with Crippen molar-refractivity contribution in [2.24, 2.45) is 0 Å². The lowest BCUT2D eigenvalue weighted by Crippen LogP contribution is -2.07. The molecule has 0 spiro atoms. The van der Waals surface area contributed by atoms with Gasteiger partial charge in [0.25, 0.3) is 0 Å². The van der Waals surface area contributed by atoms with E-state index < -0.39 is 0 Å². The Balaban J connectivity index is 2.72. The van der Waals surface area contributed by atoms with Gasteiger partial charge in [0.15, 0.2) is 0 Å². The predicted octanol–water partition coefficient (Wildman–Crippen LogP) is 4.31. The molecule has 1 nitrogen and oxygen atoms in total. The maximum Gasteiger partial charge on any atom is 0.0835 e. The van der Waals surface area contributed by atoms with Gasteiger partial charge >= 0.3 is 0 Å². The largest absolute Gasteiger partial charge is 0.350 e. The van der Waals surface area contributed by atoms with E-state index >= 15 is 0 Å². The summed E-state index contributed by atoms with van der Waals surface area (Å²) >= 11 is 16.7. The van der Waals surface area contributed by atoms with Crippen molar-refractivity contribution in [2.75, 3.05) is 5.32 Å². The van der Waals surface area contributed by atoms with Crippen LogP contribution in [0.4, 0.5) is 5.69 Å². The van der Waals surface area contributed by atoms with Crippen LogP contribution in [-0.2, 0) is 0 Å². The third kappa shape index (κ3) is 3.29. The van der Waals surface area contributed by atoms with Crippen molar-refractivity contribution in [3.63, 3.8) is 0 Å². The lowest BCUT2D eigenvalue weighted by atomic mass is 10.3. The molecule has 0 aliphatic heterocycles. The first kappa shape index (κ1) is 11.5. The topological polar surface area (TPSA) is 12.0 Å². The average molecular weight is 246 g/mol. The zero-order valence-electron chi connectivity index (χ0n) is 7.39. The normalized spacial score (nSPS) is 9.57. The molecule has 74 valence electrons. The van der Waals surface area contributed by atoms with Gasteiger partial charge in [-0.15, -0.1) is 6.58 Å². The summed E-state index contributed by atoms with van der Waals surface area (Å²) in [6, 6.07) is 5.28. The zero-order valence-corrected chi connectivity index (χ0v) is 9.72. The second-order valence-corrected chi connectivity index (χ2v) is 3.98. The lowest BCUT2D eigenvalue weighted by Gasteiger charge is -2.06. The van der Waals surface area contributed by atoms with Gasteiger partial charge in [-0.2, -0.15) is 0 Å². The second-order valence-electron chi connectivity index (χ2n) is 2.67. The molecule has 0 amide bonds. The predicted molar refractivity (Wildman–Crippen MR) is 67.5 cm³/mol. The third-order valence-electron chi connectivity index (χ3n) is 1.53. The summed E-state index contributed by atoms with van der Waals surface area (Å²) in [6.45, 7) is 3.60. The first-order valence-corrected chi connectivity index (χ1v) is 5.15. The Morgan fingerprint density at radius 1 is 1.43 bits per heavy atom. The molecule has 0 atom stereocenters. The molecule has 0 aliphatic rings. The highest BCUT2D eigenvalue weighted by Gasteiger charge is 2.00. The SMILES string of the molecule is C=CCC(=S)Nc1ccc(Cl)c(Cl)c1. The van der Waals surface area contributed by atoms with Crippen molar-refractivity contribution in [1.29, 1.82) is 0 Å². The van der Waals surface area contributed by atoms with Crippen LogP contribution in [0.25, 0.3) is 0 Å². The second kappa shape index (κ2) is 5.35. The molecule has 0 aliphatic carbocycles. The Bertz CT molecular complexity index is 363. The zero-order chi connectivity index (χ0) is 10.6. The van der Waals surface area contributed by atoms with Crippen molar-refractivity contribution in [1.82, 2.24) is 0 Å². The maximum atomic E-state index is 5.84. The average Bonchev–Trinajstić information content (AvgIpc) is 2.12. The standard InChI is InChI=1S/C10H9Cl2NS/c1-2-3-10(14)13-7-4-5-8(11)9(12)6-7/h2,4-6H,1,3H2,(H,13,14). The van der Waals surface area contributed by atoms with Gasteiger partial charge in [0.2, 0.25) is 0 Å². The maximum absolute atomic E-state index is 5.84. The minimum absolute atomic E-state index is 0.512. The van der Waals surface area contributed by atoms with Crippen LogP contribution in [0.1, 0.15) is 6.42 Å². The van der Waals surface area contributed by atoms with E-state index in [9.17, 15) is 0 Å². The Labute approximate surface area is 98.7 Å². The van der Waals surface area contributed by atoms with Gasteiger partial charge in [-0.3, -0.25) is 0 Å². The highest BCUT2D eigenvalue weighted by Crippen LogP contribution is 2.25. The third-order valence-corrected chi connectivity index (χ3v) is 2.54. The van der Waals surface area contributed by atoms with E-state index in [2.05, 4.69) is 11.9 Å². The van der Waals surface area contributed by atoms with Crippen molar-refractivity contribution in [2.45, 2.75) is 6.42 Å². The fourth-order valence-electron chi connectivity index (χ4n) is 0.917. The van der Waals surface area contributed by atoms with Crippen LogP contribution in [0.3, 0.4) is 0 Å². The molecule has 1 rings (SSSR count). The number of hydrogen-bond donors (Lipinski definition) is 1. The molecule has 0 fully saturated rings. The minimum atomic E-state index is 0.512. The van der Waals surface area contributed by atoms with Gasteiger partial charge in [0.05, 0.1) is 15.0 Å². The molecule has 0 unspecified atom stereocenters. The number of anilines is 1. The van der Waals surface area contributed by atoms with Crippen molar-refractivity contribution < 1.29 is 0 Å². The number of rotatable bonds is 3. The van der Waals surface area contributed by atoms with E-state index in [4.69, 9.17) is 35.4 Å². The smallest absolute Gasteiger partial charge is 0.0835 e. The van der Waals surface area contributed by atoms with E-state index in [0.29, 0.717) is 21.5 Å². The van der Waals surface area contributed by atoms with Gasteiger partial charge in [0, 0.05) is 12.1 Å². The van der Waals surface area contributed by atoms with Crippen LogP contribution in [0.5, 0.6) is 0 Å². The molecule has 0 aromatic heterocycles. The fourth-order valence-corrected chi connectivity index (χ4v) is 1.45. The van der Waals surface area contributed by atoms with Crippen molar-refractivity contribution >= 4 is 46.1 Å². The highest BCUT2D eigenvalue weighted by molar-refractivity contribution is 7.80. The summed E-state index contributed by atoms with van der Waals surface area (Å²) in [5.41, 5.74) is 0.839. The molecule has 0 saturated carbocycles. The van der Waals surface area contributed by atoms with Gasteiger partial charge in [-0.05, 0) is 18.2 Å². The summed E-state index contributed by atoms with van der Waals surface area (Å²) in [7, 11) is 0. The monoisotopic (exact) mass is 245 g/mol. The molecule has 0 bridgehead atoms. The summed E-state index contributed by atoms with van der Waals surface area (Å²) in [4.78, 5) is 0.707. The quantitative estimate of drug-likeness (QED) is 0.630. The lowest BCUT2D eigenvalue weighted by molar-refractivity contribution is 1.49. The first-order valence-electron chi connectivity index (χ1n) is 3.99. The molecule has 14 heavy (non-hydrogen) atoms. The molecule has 1 aromatic rings. The van der Waals surface area contributed by atoms with Crippen LogP contribution in [-0.4, -0.2) is 4.99 Å². The van der Waals surface area contributed by atoms with Crippen LogP contribution in [0.15, 0.2) is 30.9 Å². The molecule has 1 aromatic carbocycles. The molecular formula is C10H9Cl2NS. The number of nitrogens with one attached hydrogen (secondary N) is 1. The molecular weight excluding hydrogens is 237 g/mol. The summed E-state index contributed by atoms with van der Waals surface area (Å²) in [6.07, 6.45) is 2.39. The number of hydrogen-bond acceptors (Lipinski definition) is 1. The van der Waals surface area contributed by atoms with E-state index in [-0.39, 0.29) is 0 Å². The van der Waals surface area contributed by atoms with Crippen molar-refractivity contribution in [3.05, 3.63) is 40.9 Å². The Kier molecular flexibility index (Phi) is 4.39. The minimum Gasteiger partial charge on any atom is -0.350 e. The Morgan fingerprint density at radius 3 is 2.71 bits per heavy atom. The molecule has 1 N–H and O–H groups in total. The number of halogens is 2. The van der Waals surface area contributed by atoms with Gasteiger partial charge in [0.1, 0.15) is 0 Å². The summed E-state index contributed by atoms with van der Waals surface area (Å²) in [5, 5.41) is 4.07. The van der Waals surface area contributed by atoms with E-state index in [1.807, 2.05) is 6.07 Å². The molecule has 4 heteroatoms. The van der Waals surface area contributed by atoms with E-state index in [1.165, 1.54) is 0 Å². The highest BCUT2D eigenvalue weighted by atomic mass is 35.5. The van der Waals surface area contributed by atoms with Crippen LogP contribution >= 0.6 is 35.4 Å². The molecule has 0 saturated heterocycles. The Morgan fingerprint density at radius 2 is 2.14 bits per heavy atom. The summed E-state index contributed by atoms with van der Waals surface area (Å²) < 4.78 is 0. The van der Waals surface area contributed by atoms with Crippen molar-refractivity contribution in [3.8, 4) is 0 Å². The first-order chi connectivity index (χ1) is 6.63. The van der Waals surface area contributed by atoms with Crippen LogP contribution < -0.4 is 5.32 Å². The Hall–Kier alpha value is -0.570. The van der Waals surface area contributed by atoms with Gasteiger partial charge in [-0.25, -0.2) is 0 Å². The number of benzene rings is 1. The van der Waals surface area contributed by atoms with E-state index in [0.717, 1.165) is 5.69 Å².